The molecule has 7 heteroatoms. The quantitative estimate of drug-likeness (QED) is 0.237. The van der Waals surface area contributed by atoms with Gasteiger partial charge in [-0.3, -0.25) is 0 Å². The topological polar surface area (TPSA) is 44.8 Å². The van der Waals surface area contributed by atoms with Crippen molar-refractivity contribution in [2.75, 3.05) is 13.2 Å². The molecular formula is C18H21F3O4. The van der Waals surface area contributed by atoms with E-state index in [4.69, 9.17) is 9.47 Å². The number of ether oxygens (including phenoxy) is 3. The Morgan fingerprint density at radius 1 is 0.960 bits per heavy atom. The third-order valence-electron chi connectivity index (χ3n) is 3.07. The molecule has 0 aromatic heterocycles. The third-order valence-corrected chi connectivity index (χ3v) is 3.07. The highest BCUT2D eigenvalue weighted by Crippen LogP contribution is 2.21. The largest absolute Gasteiger partial charge is 0.494 e. The lowest BCUT2D eigenvalue weighted by molar-refractivity contribution is -0.139. The second-order valence-electron chi connectivity index (χ2n) is 5.29. The molecule has 1 rings (SSSR count). The fraction of sp³-hybridized carbons (Fsp3) is 0.389. The van der Waals surface area contributed by atoms with E-state index in [1.54, 1.807) is 6.92 Å². The van der Waals surface area contributed by atoms with E-state index in [0.717, 1.165) is 25.7 Å². The zero-order valence-electron chi connectivity index (χ0n) is 14.0. The predicted molar refractivity (Wildman–Crippen MR) is 87.2 cm³/mol. The molecule has 0 radical (unpaired) electrons. The summed E-state index contributed by atoms with van der Waals surface area (Å²) in [6, 6.07) is 3.79. The van der Waals surface area contributed by atoms with Crippen molar-refractivity contribution in [2.24, 2.45) is 0 Å². The highest BCUT2D eigenvalue weighted by molar-refractivity contribution is 5.86. The van der Waals surface area contributed by atoms with Crippen LogP contribution in [0.5, 0.6) is 11.5 Å². The smallest absolute Gasteiger partial charge is 0.344 e. The number of unbranched alkanes of at least 4 members (excludes halogenated alkanes) is 3. The van der Waals surface area contributed by atoms with Crippen LogP contribution in [0.1, 0.15) is 32.6 Å². The number of carbonyl (C=O) groups is 1. The lowest BCUT2D eigenvalue weighted by atomic mass is 10.2. The van der Waals surface area contributed by atoms with E-state index in [9.17, 15) is 18.0 Å². The standard InChI is InChI=1S/C18H21F3O4/c1-13(2)18(22)24-12-6-4-3-5-11-23-14-7-9-15(10-8-14)25-17(21)16(19)20/h7-10H,1,3-6,11-12H2,2H3. The van der Waals surface area contributed by atoms with Crippen LogP contribution in [0.25, 0.3) is 0 Å². The SMILES string of the molecule is C=C(C)C(=O)OCCCCCCOc1ccc(OC(F)=C(F)F)cc1. The van der Waals surface area contributed by atoms with E-state index in [0.29, 0.717) is 24.5 Å². The highest BCUT2D eigenvalue weighted by Gasteiger charge is 2.07. The molecule has 0 aliphatic heterocycles. The van der Waals surface area contributed by atoms with Crippen LogP contribution in [-0.4, -0.2) is 19.2 Å². The van der Waals surface area contributed by atoms with Crippen LogP contribution in [0.4, 0.5) is 13.2 Å². The first-order valence-electron chi connectivity index (χ1n) is 7.84. The predicted octanol–water partition coefficient (Wildman–Crippen LogP) is 5.16. The number of halogens is 3. The normalized spacial score (nSPS) is 10.1. The summed E-state index contributed by atoms with van der Waals surface area (Å²) < 4.78 is 51.2. The highest BCUT2D eigenvalue weighted by atomic mass is 19.3. The number of esters is 1. The van der Waals surface area contributed by atoms with Crippen molar-refractivity contribution < 1.29 is 32.2 Å². The first-order valence-corrected chi connectivity index (χ1v) is 7.84. The summed E-state index contributed by atoms with van der Waals surface area (Å²) in [4.78, 5) is 11.1. The summed E-state index contributed by atoms with van der Waals surface area (Å²) in [5.41, 5.74) is 0.387. The van der Waals surface area contributed by atoms with Crippen molar-refractivity contribution in [2.45, 2.75) is 32.6 Å². The Morgan fingerprint density at radius 3 is 2.08 bits per heavy atom. The van der Waals surface area contributed by atoms with E-state index in [1.807, 2.05) is 0 Å². The summed E-state index contributed by atoms with van der Waals surface area (Å²) >= 11 is 0. The van der Waals surface area contributed by atoms with E-state index in [2.05, 4.69) is 11.3 Å². The first kappa shape index (κ1) is 20.6. The molecule has 0 aliphatic rings. The lowest BCUT2D eigenvalue weighted by Crippen LogP contribution is -2.06. The minimum atomic E-state index is -2.50. The summed E-state index contributed by atoms with van der Waals surface area (Å²) in [7, 11) is 0. The molecule has 1 aromatic rings. The number of hydrogen-bond donors (Lipinski definition) is 0. The van der Waals surface area contributed by atoms with Crippen LogP contribution in [0.15, 0.2) is 48.5 Å². The maximum absolute atomic E-state index is 12.6. The maximum Gasteiger partial charge on any atom is 0.344 e. The van der Waals surface area contributed by atoms with Crippen molar-refractivity contribution in [3.63, 3.8) is 0 Å². The first-order chi connectivity index (χ1) is 11.9. The summed E-state index contributed by atoms with van der Waals surface area (Å²) in [6.07, 6.45) is 0.902. The zero-order chi connectivity index (χ0) is 18.7. The Balaban J connectivity index is 2.13. The van der Waals surface area contributed by atoms with Crippen LogP contribution < -0.4 is 9.47 Å². The summed E-state index contributed by atoms with van der Waals surface area (Å²) in [5, 5.41) is 0. The van der Waals surface area contributed by atoms with E-state index in [1.165, 1.54) is 24.3 Å². The van der Waals surface area contributed by atoms with Gasteiger partial charge in [0.1, 0.15) is 11.5 Å². The Labute approximate surface area is 144 Å². The molecule has 25 heavy (non-hydrogen) atoms. The molecular weight excluding hydrogens is 337 g/mol. The molecule has 0 amide bonds. The number of hydrogen-bond acceptors (Lipinski definition) is 4. The average molecular weight is 358 g/mol. The van der Waals surface area contributed by atoms with Crippen LogP contribution in [0.3, 0.4) is 0 Å². The van der Waals surface area contributed by atoms with Crippen molar-refractivity contribution in [1.29, 1.82) is 0 Å². The molecule has 0 saturated carbocycles. The molecule has 0 N–H and O–H groups in total. The summed E-state index contributed by atoms with van der Waals surface area (Å²) in [6.45, 7) is 5.96. The fourth-order valence-electron chi connectivity index (χ4n) is 1.78. The Hall–Kier alpha value is -2.44. The molecule has 138 valence electrons. The van der Waals surface area contributed by atoms with Gasteiger partial charge in [-0.25, -0.2) is 4.79 Å². The number of rotatable bonds is 11. The molecule has 0 spiro atoms. The van der Waals surface area contributed by atoms with Crippen LogP contribution >= 0.6 is 0 Å². The van der Waals surface area contributed by atoms with Gasteiger partial charge in [0.25, 0.3) is 0 Å². The third kappa shape index (κ3) is 8.83. The van der Waals surface area contributed by atoms with Gasteiger partial charge in [0.15, 0.2) is 0 Å². The van der Waals surface area contributed by atoms with Gasteiger partial charge in [-0.15, -0.1) is 0 Å². The second kappa shape index (κ2) is 11.2. The van der Waals surface area contributed by atoms with E-state index < -0.39 is 12.1 Å². The van der Waals surface area contributed by atoms with Crippen molar-refractivity contribution in [3.8, 4) is 11.5 Å². The van der Waals surface area contributed by atoms with Gasteiger partial charge in [0.05, 0.1) is 13.2 Å². The molecule has 1 aromatic carbocycles. The minimum absolute atomic E-state index is 0.0399. The van der Waals surface area contributed by atoms with Gasteiger partial charge in [0, 0.05) is 5.57 Å². The molecule has 0 unspecified atom stereocenters. The van der Waals surface area contributed by atoms with Crippen molar-refractivity contribution in [3.05, 3.63) is 48.5 Å². The lowest BCUT2D eigenvalue weighted by Gasteiger charge is -2.08. The second-order valence-corrected chi connectivity index (χ2v) is 5.29. The van der Waals surface area contributed by atoms with Gasteiger partial charge in [-0.1, -0.05) is 6.58 Å². The van der Waals surface area contributed by atoms with Crippen molar-refractivity contribution in [1.82, 2.24) is 0 Å². The van der Waals surface area contributed by atoms with Gasteiger partial charge in [0.2, 0.25) is 0 Å². The molecule has 0 aliphatic carbocycles. The Kier molecular flexibility index (Phi) is 9.21. The van der Waals surface area contributed by atoms with E-state index >= 15 is 0 Å². The minimum Gasteiger partial charge on any atom is -0.494 e. The molecule has 0 bridgehead atoms. The van der Waals surface area contributed by atoms with Crippen molar-refractivity contribution >= 4 is 5.97 Å². The molecule has 0 fully saturated rings. The monoisotopic (exact) mass is 358 g/mol. The molecule has 0 saturated heterocycles. The van der Waals surface area contributed by atoms with Gasteiger partial charge in [-0.05, 0) is 56.9 Å². The number of carbonyl (C=O) groups excluding carboxylic acids is 1. The van der Waals surface area contributed by atoms with Crippen LogP contribution in [-0.2, 0) is 9.53 Å². The Bertz CT molecular complexity index is 593. The van der Waals surface area contributed by atoms with Gasteiger partial charge in [-0.2, -0.15) is 13.2 Å². The number of benzene rings is 1. The Morgan fingerprint density at radius 2 is 1.52 bits per heavy atom. The summed E-state index contributed by atoms with van der Waals surface area (Å²) in [5.74, 6) is 0.121. The van der Waals surface area contributed by atoms with Gasteiger partial charge < -0.3 is 14.2 Å². The zero-order valence-corrected chi connectivity index (χ0v) is 14.0. The maximum atomic E-state index is 12.6. The van der Waals surface area contributed by atoms with Crippen LogP contribution in [0.2, 0.25) is 0 Å². The van der Waals surface area contributed by atoms with Crippen LogP contribution in [0, 0.1) is 0 Å². The molecule has 4 nitrogen and oxygen atoms in total. The van der Waals surface area contributed by atoms with E-state index in [-0.39, 0.29) is 11.7 Å². The average Bonchev–Trinajstić information content (AvgIpc) is 2.58. The molecule has 0 heterocycles. The van der Waals surface area contributed by atoms with Gasteiger partial charge >= 0.3 is 18.1 Å². The fourth-order valence-corrected chi connectivity index (χ4v) is 1.78. The molecule has 0 atom stereocenters.